The van der Waals surface area contributed by atoms with Gasteiger partial charge in [0.15, 0.2) is 0 Å². The largest absolute Gasteiger partial charge is 0.453 e. The van der Waals surface area contributed by atoms with Crippen molar-refractivity contribution in [3.8, 4) is 0 Å². The lowest BCUT2D eigenvalue weighted by Gasteiger charge is -2.36. The third-order valence-corrected chi connectivity index (χ3v) is 6.23. The molecule has 0 aromatic carbocycles. The number of fused-ring (bicyclic) bond motifs is 2. The molecule has 0 spiro atoms. The number of nitrogens with zero attached hydrogens (tertiary/aromatic N) is 1. The second-order valence-electron chi connectivity index (χ2n) is 7.51. The minimum atomic E-state index is -1.31. The molecule has 1 aliphatic carbocycles. The molecule has 3 fully saturated rings. The van der Waals surface area contributed by atoms with Gasteiger partial charge in [-0.25, -0.2) is 4.79 Å². The van der Waals surface area contributed by atoms with Crippen LogP contribution in [0.25, 0.3) is 0 Å². The zero-order chi connectivity index (χ0) is 17.8. The van der Waals surface area contributed by atoms with Gasteiger partial charge in [0.25, 0.3) is 6.20 Å². The molecular formula is C16H22N2O6. The summed E-state index contributed by atoms with van der Waals surface area (Å²) >= 11 is 0. The van der Waals surface area contributed by atoms with E-state index in [9.17, 15) is 19.7 Å². The third-order valence-electron chi connectivity index (χ3n) is 6.23. The van der Waals surface area contributed by atoms with E-state index in [1.165, 1.54) is 0 Å². The number of hydrogen-bond donors (Lipinski definition) is 1. The molecule has 3 atom stereocenters. The molecule has 8 nitrogen and oxygen atoms in total. The van der Waals surface area contributed by atoms with Crippen molar-refractivity contribution in [2.45, 2.75) is 58.2 Å². The van der Waals surface area contributed by atoms with Crippen LogP contribution in [-0.2, 0) is 19.1 Å². The van der Waals surface area contributed by atoms with Gasteiger partial charge in [-0.3, -0.25) is 14.9 Å². The first-order valence-electron chi connectivity index (χ1n) is 8.18. The van der Waals surface area contributed by atoms with Gasteiger partial charge in [0, 0.05) is 12.0 Å². The number of esters is 2. The highest BCUT2D eigenvalue weighted by molar-refractivity contribution is 5.93. The highest BCUT2D eigenvalue weighted by Gasteiger charge is 2.76. The second kappa shape index (κ2) is 5.19. The Hall–Kier alpha value is -2.12. The van der Waals surface area contributed by atoms with Crippen LogP contribution in [0.4, 0.5) is 0 Å². The monoisotopic (exact) mass is 338 g/mol. The van der Waals surface area contributed by atoms with Gasteiger partial charge in [0.2, 0.25) is 5.60 Å². The molecule has 0 aromatic rings. The standard InChI is InChI=1S/C16H22N2O6/c1-14(2)15(3)6-7-16(14,24-12(15)19)13(20)23-11-5-4-8-17-10(11)9-18(21)22/h9,11,17H,4-8H2,1-3H3/b10-9+/t11-,15+,16-/m1/s1. The first-order chi connectivity index (χ1) is 11.1. The van der Waals surface area contributed by atoms with E-state index in [0.29, 0.717) is 25.8 Å². The Kier molecular flexibility index (Phi) is 3.62. The SMILES string of the molecule is CC1(C)[C@@]2(C)CC[C@]1(C(=O)O[C@@H]1CCCN/C1=C/[N+](=O)[O-])OC2=O. The molecule has 0 radical (unpaired) electrons. The van der Waals surface area contributed by atoms with Crippen molar-refractivity contribution in [3.63, 3.8) is 0 Å². The van der Waals surface area contributed by atoms with Crippen molar-refractivity contribution in [3.05, 3.63) is 22.0 Å². The summed E-state index contributed by atoms with van der Waals surface area (Å²) in [5, 5.41) is 13.7. The number of carbonyl (C=O) groups excluding carboxylic acids is 2. The molecule has 2 bridgehead atoms. The van der Waals surface area contributed by atoms with Gasteiger partial charge < -0.3 is 14.8 Å². The lowest BCUT2D eigenvalue weighted by molar-refractivity contribution is -0.404. The Bertz CT molecular complexity index is 642. The van der Waals surface area contributed by atoms with Gasteiger partial charge in [-0.2, -0.15) is 0 Å². The van der Waals surface area contributed by atoms with E-state index in [0.717, 1.165) is 12.6 Å². The number of rotatable bonds is 3. The summed E-state index contributed by atoms with van der Waals surface area (Å²) in [6, 6.07) is 0. The predicted octanol–water partition coefficient (Wildman–Crippen LogP) is 1.52. The van der Waals surface area contributed by atoms with Gasteiger partial charge in [0.05, 0.1) is 10.3 Å². The van der Waals surface area contributed by atoms with Crippen molar-refractivity contribution in [2.24, 2.45) is 10.8 Å². The normalized spacial score (nSPS) is 38.5. The lowest BCUT2D eigenvalue weighted by atomic mass is 9.66. The Morgan fingerprint density at radius 2 is 2.12 bits per heavy atom. The fourth-order valence-electron chi connectivity index (χ4n) is 4.08. The molecule has 2 heterocycles. The molecule has 0 aromatic heterocycles. The summed E-state index contributed by atoms with van der Waals surface area (Å²) in [5.74, 6) is -0.983. The summed E-state index contributed by atoms with van der Waals surface area (Å²) in [6.07, 6.45) is 2.33. The zero-order valence-electron chi connectivity index (χ0n) is 14.1. The molecule has 1 N–H and O–H groups in total. The van der Waals surface area contributed by atoms with Gasteiger partial charge in [0.1, 0.15) is 11.8 Å². The van der Waals surface area contributed by atoms with Gasteiger partial charge >= 0.3 is 11.9 Å². The molecule has 2 saturated heterocycles. The van der Waals surface area contributed by atoms with Gasteiger partial charge in [-0.05, 0) is 32.6 Å². The number of carbonyl (C=O) groups is 2. The van der Waals surface area contributed by atoms with Crippen LogP contribution in [-0.4, -0.2) is 35.1 Å². The molecule has 0 unspecified atom stereocenters. The van der Waals surface area contributed by atoms with E-state index in [1.54, 1.807) is 0 Å². The zero-order valence-corrected chi connectivity index (χ0v) is 14.1. The fourth-order valence-corrected chi connectivity index (χ4v) is 4.08. The first kappa shape index (κ1) is 16.7. The second-order valence-corrected chi connectivity index (χ2v) is 7.51. The average molecular weight is 338 g/mol. The van der Waals surface area contributed by atoms with Crippen LogP contribution in [0.2, 0.25) is 0 Å². The number of nitrogens with one attached hydrogen (secondary N) is 1. The van der Waals surface area contributed by atoms with Crippen LogP contribution < -0.4 is 5.32 Å². The van der Waals surface area contributed by atoms with E-state index in [2.05, 4.69) is 5.32 Å². The molecule has 8 heteroatoms. The van der Waals surface area contributed by atoms with Crippen molar-refractivity contribution < 1.29 is 24.0 Å². The van der Waals surface area contributed by atoms with E-state index < -0.39 is 33.4 Å². The van der Waals surface area contributed by atoms with Crippen molar-refractivity contribution >= 4 is 11.9 Å². The van der Waals surface area contributed by atoms with Gasteiger partial charge in [-0.1, -0.05) is 13.8 Å². The summed E-state index contributed by atoms with van der Waals surface area (Å²) in [4.78, 5) is 35.3. The van der Waals surface area contributed by atoms with Crippen molar-refractivity contribution in [1.29, 1.82) is 0 Å². The number of nitro groups is 1. The molecule has 2 aliphatic heterocycles. The molecule has 3 aliphatic rings. The van der Waals surface area contributed by atoms with E-state index in [4.69, 9.17) is 9.47 Å². The molecule has 0 amide bonds. The van der Waals surface area contributed by atoms with Crippen LogP contribution in [0.15, 0.2) is 11.9 Å². The van der Waals surface area contributed by atoms with Crippen molar-refractivity contribution in [1.82, 2.24) is 5.32 Å². The lowest BCUT2D eigenvalue weighted by Crippen LogP contribution is -2.50. The molecule has 132 valence electrons. The summed E-state index contributed by atoms with van der Waals surface area (Å²) in [6.45, 7) is 6.10. The average Bonchev–Trinajstić information content (AvgIpc) is 2.79. The van der Waals surface area contributed by atoms with Gasteiger partial charge in [-0.15, -0.1) is 0 Å². The smallest absolute Gasteiger partial charge is 0.351 e. The van der Waals surface area contributed by atoms with Crippen LogP contribution in [0, 0.1) is 20.9 Å². The molecular weight excluding hydrogens is 316 g/mol. The maximum Gasteiger partial charge on any atom is 0.351 e. The predicted molar refractivity (Wildman–Crippen MR) is 82.1 cm³/mol. The minimum absolute atomic E-state index is 0.277. The minimum Gasteiger partial charge on any atom is -0.453 e. The molecule has 1 saturated carbocycles. The van der Waals surface area contributed by atoms with E-state index in [-0.39, 0.29) is 11.7 Å². The number of piperidine rings is 1. The highest BCUT2D eigenvalue weighted by Crippen LogP contribution is 2.65. The first-order valence-corrected chi connectivity index (χ1v) is 8.18. The Morgan fingerprint density at radius 1 is 1.42 bits per heavy atom. The maximum atomic E-state index is 12.9. The summed E-state index contributed by atoms with van der Waals surface area (Å²) in [7, 11) is 0. The summed E-state index contributed by atoms with van der Waals surface area (Å²) < 4.78 is 11.1. The molecule has 3 rings (SSSR count). The van der Waals surface area contributed by atoms with Crippen LogP contribution in [0.3, 0.4) is 0 Å². The summed E-state index contributed by atoms with van der Waals surface area (Å²) in [5.41, 5.74) is -2.44. The molecule has 24 heavy (non-hydrogen) atoms. The van der Waals surface area contributed by atoms with E-state index >= 15 is 0 Å². The Morgan fingerprint density at radius 3 is 2.67 bits per heavy atom. The number of hydrogen-bond acceptors (Lipinski definition) is 7. The Balaban J connectivity index is 1.85. The Labute approximate surface area is 139 Å². The van der Waals surface area contributed by atoms with E-state index in [1.807, 2.05) is 20.8 Å². The maximum absolute atomic E-state index is 12.9. The van der Waals surface area contributed by atoms with Crippen LogP contribution in [0.5, 0.6) is 0 Å². The van der Waals surface area contributed by atoms with Crippen LogP contribution in [0.1, 0.15) is 46.5 Å². The quantitative estimate of drug-likeness (QED) is 0.472. The highest BCUT2D eigenvalue weighted by atomic mass is 16.6. The fraction of sp³-hybridized carbons (Fsp3) is 0.750. The van der Waals surface area contributed by atoms with Crippen molar-refractivity contribution in [2.75, 3.05) is 6.54 Å². The topological polar surface area (TPSA) is 108 Å². The third kappa shape index (κ3) is 2.04. The van der Waals surface area contributed by atoms with Crippen LogP contribution >= 0.6 is 0 Å². The number of ether oxygens (including phenoxy) is 2.